The molecule has 0 fully saturated rings. The second-order valence-electron chi connectivity index (χ2n) is 3.02. The number of nitrogens with zero attached hydrogens (tertiary/aromatic N) is 2. The monoisotopic (exact) mass is 181 g/mol. The van der Waals surface area contributed by atoms with Crippen molar-refractivity contribution in [3.8, 4) is 0 Å². The molecule has 0 aliphatic carbocycles. The highest BCUT2D eigenvalue weighted by molar-refractivity contribution is 5.81. The van der Waals surface area contributed by atoms with Crippen molar-refractivity contribution >= 4 is 12.1 Å². The summed E-state index contributed by atoms with van der Waals surface area (Å²) in [5.74, 6) is 0.476. The third-order valence-electron chi connectivity index (χ3n) is 2.28. The predicted molar refractivity (Wildman–Crippen MR) is 51.6 cm³/mol. The van der Waals surface area contributed by atoms with Gasteiger partial charge in [0.15, 0.2) is 6.29 Å². The van der Waals surface area contributed by atoms with E-state index in [4.69, 9.17) is 5.73 Å². The van der Waals surface area contributed by atoms with Gasteiger partial charge in [-0.2, -0.15) is 5.10 Å². The van der Waals surface area contributed by atoms with Crippen molar-refractivity contribution in [2.45, 2.75) is 32.7 Å². The van der Waals surface area contributed by atoms with Gasteiger partial charge in [-0.05, 0) is 12.8 Å². The summed E-state index contributed by atoms with van der Waals surface area (Å²) < 4.78 is 1.73. The van der Waals surface area contributed by atoms with Gasteiger partial charge in [0, 0.05) is 0 Å². The van der Waals surface area contributed by atoms with Crippen molar-refractivity contribution in [2.24, 2.45) is 0 Å². The number of nitrogens with two attached hydrogens (primary N) is 1. The van der Waals surface area contributed by atoms with E-state index >= 15 is 0 Å². The van der Waals surface area contributed by atoms with Crippen LogP contribution in [-0.2, 0) is 0 Å². The number of aldehydes is 1. The van der Waals surface area contributed by atoms with Crippen LogP contribution in [0.2, 0.25) is 0 Å². The Labute approximate surface area is 77.7 Å². The fraction of sp³-hybridized carbons (Fsp3) is 0.556. The maximum atomic E-state index is 10.5. The molecule has 0 spiro atoms. The van der Waals surface area contributed by atoms with Gasteiger partial charge < -0.3 is 5.73 Å². The van der Waals surface area contributed by atoms with Crippen molar-refractivity contribution in [3.63, 3.8) is 0 Å². The molecular formula is C9H15N3O. The van der Waals surface area contributed by atoms with Crippen LogP contribution < -0.4 is 5.73 Å². The molecule has 0 aliphatic heterocycles. The molecule has 72 valence electrons. The first-order valence-corrected chi connectivity index (χ1v) is 4.52. The number of hydrogen-bond donors (Lipinski definition) is 1. The number of carbonyl (C=O) groups excluding carboxylic acids is 1. The van der Waals surface area contributed by atoms with Crippen molar-refractivity contribution < 1.29 is 4.79 Å². The van der Waals surface area contributed by atoms with Crippen LogP contribution in [-0.4, -0.2) is 16.1 Å². The van der Waals surface area contributed by atoms with Gasteiger partial charge in [0.2, 0.25) is 0 Å². The lowest BCUT2D eigenvalue weighted by Gasteiger charge is -2.14. The minimum Gasteiger partial charge on any atom is -0.383 e. The fourth-order valence-electron chi connectivity index (χ4n) is 1.40. The van der Waals surface area contributed by atoms with Gasteiger partial charge in [0.25, 0.3) is 0 Å². The highest BCUT2D eigenvalue weighted by atomic mass is 16.1. The Kier molecular flexibility index (Phi) is 3.06. The van der Waals surface area contributed by atoms with E-state index in [2.05, 4.69) is 18.9 Å². The van der Waals surface area contributed by atoms with E-state index in [0.29, 0.717) is 17.4 Å². The molecule has 0 saturated carbocycles. The van der Waals surface area contributed by atoms with Crippen LogP contribution in [0.15, 0.2) is 6.20 Å². The zero-order valence-electron chi connectivity index (χ0n) is 8.03. The van der Waals surface area contributed by atoms with E-state index in [1.165, 1.54) is 6.20 Å². The molecule has 0 bridgehead atoms. The summed E-state index contributed by atoms with van der Waals surface area (Å²) in [5, 5.41) is 4.09. The normalized spacial score (nSPS) is 10.7. The summed E-state index contributed by atoms with van der Waals surface area (Å²) in [5.41, 5.74) is 6.21. The van der Waals surface area contributed by atoms with Crippen molar-refractivity contribution in [1.29, 1.82) is 0 Å². The lowest BCUT2D eigenvalue weighted by Crippen LogP contribution is -2.12. The standard InChI is InChI=1S/C9H15N3O/c1-3-8(4-2)12-9(10)7(6-13)5-11-12/h5-6,8H,3-4,10H2,1-2H3. The van der Waals surface area contributed by atoms with E-state index in [-0.39, 0.29) is 0 Å². The molecule has 0 aliphatic rings. The highest BCUT2D eigenvalue weighted by Gasteiger charge is 2.12. The van der Waals surface area contributed by atoms with Crippen molar-refractivity contribution in [3.05, 3.63) is 11.8 Å². The highest BCUT2D eigenvalue weighted by Crippen LogP contribution is 2.20. The second-order valence-corrected chi connectivity index (χ2v) is 3.02. The van der Waals surface area contributed by atoms with E-state index in [0.717, 1.165) is 19.1 Å². The van der Waals surface area contributed by atoms with Crippen molar-refractivity contribution in [1.82, 2.24) is 9.78 Å². The minimum atomic E-state index is 0.300. The first-order valence-electron chi connectivity index (χ1n) is 4.52. The van der Waals surface area contributed by atoms with E-state index < -0.39 is 0 Å². The first kappa shape index (κ1) is 9.77. The summed E-state index contributed by atoms with van der Waals surface area (Å²) in [6.45, 7) is 4.16. The van der Waals surface area contributed by atoms with E-state index in [1.807, 2.05) is 0 Å². The topological polar surface area (TPSA) is 60.9 Å². The average molecular weight is 181 g/mol. The van der Waals surface area contributed by atoms with Crippen LogP contribution in [0.5, 0.6) is 0 Å². The Bertz CT molecular complexity index is 289. The van der Waals surface area contributed by atoms with Gasteiger partial charge in [-0.25, -0.2) is 4.68 Å². The van der Waals surface area contributed by atoms with E-state index in [9.17, 15) is 4.79 Å². The summed E-state index contributed by atoms with van der Waals surface area (Å²) in [7, 11) is 0. The molecule has 0 atom stereocenters. The molecule has 0 amide bonds. The van der Waals surface area contributed by atoms with Crippen LogP contribution in [0.1, 0.15) is 43.1 Å². The van der Waals surface area contributed by atoms with Crippen LogP contribution in [0, 0.1) is 0 Å². The van der Waals surface area contributed by atoms with Gasteiger partial charge in [-0.3, -0.25) is 4.79 Å². The van der Waals surface area contributed by atoms with E-state index in [1.54, 1.807) is 4.68 Å². The van der Waals surface area contributed by atoms with Crippen LogP contribution in [0.4, 0.5) is 5.82 Å². The summed E-state index contributed by atoms with van der Waals surface area (Å²) >= 11 is 0. The zero-order valence-corrected chi connectivity index (χ0v) is 8.03. The number of carbonyl (C=O) groups is 1. The Hall–Kier alpha value is -1.32. The summed E-state index contributed by atoms with van der Waals surface area (Å²) in [4.78, 5) is 10.5. The molecule has 0 saturated heterocycles. The maximum Gasteiger partial charge on any atom is 0.155 e. The molecule has 0 unspecified atom stereocenters. The molecule has 0 aromatic carbocycles. The third-order valence-corrected chi connectivity index (χ3v) is 2.28. The molecule has 13 heavy (non-hydrogen) atoms. The Morgan fingerprint density at radius 2 is 2.23 bits per heavy atom. The molecule has 1 aromatic heterocycles. The smallest absolute Gasteiger partial charge is 0.155 e. The fourth-order valence-corrected chi connectivity index (χ4v) is 1.40. The first-order chi connectivity index (χ1) is 6.24. The van der Waals surface area contributed by atoms with Crippen LogP contribution >= 0.6 is 0 Å². The van der Waals surface area contributed by atoms with Gasteiger partial charge >= 0.3 is 0 Å². The maximum absolute atomic E-state index is 10.5. The van der Waals surface area contributed by atoms with Gasteiger partial charge in [0.1, 0.15) is 5.82 Å². The van der Waals surface area contributed by atoms with Crippen LogP contribution in [0.25, 0.3) is 0 Å². The Morgan fingerprint density at radius 3 is 2.62 bits per heavy atom. The average Bonchev–Trinajstić information content (AvgIpc) is 2.50. The van der Waals surface area contributed by atoms with Crippen molar-refractivity contribution in [2.75, 3.05) is 5.73 Å². The Morgan fingerprint density at radius 1 is 1.62 bits per heavy atom. The lowest BCUT2D eigenvalue weighted by atomic mass is 10.2. The summed E-state index contributed by atoms with van der Waals surface area (Å²) in [6, 6.07) is 0.300. The summed E-state index contributed by atoms with van der Waals surface area (Å²) in [6.07, 6.45) is 4.20. The van der Waals surface area contributed by atoms with Crippen LogP contribution in [0.3, 0.4) is 0 Å². The molecule has 1 aromatic rings. The molecule has 1 rings (SSSR count). The molecule has 4 nitrogen and oxygen atoms in total. The molecule has 4 heteroatoms. The molecule has 1 heterocycles. The SMILES string of the molecule is CCC(CC)n1ncc(C=O)c1N. The zero-order chi connectivity index (χ0) is 9.84. The minimum absolute atomic E-state index is 0.300. The number of aromatic nitrogens is 2. The van der Waals surface area contributed by atoms with Gasteiger partial charge in [0.05, 0.1) is 17.8 Å². The predicted octanol–water partition coefficient (Wildman–Crippen LogP) is 1.64. The number of nitrogen functional groups attached to an aromatic ring is 1. The molecule has 2 N–H and O–H groups in total. The Balaban J connectivity index is 3.00. The largest absolute Gasteiger partial charge is 0.383 e. The number of anilines is 1. The van der Waals surface area contributed by atoms with Gasteiger partial charge in [-0.1, -0.05) is 13.8 Å². The molecular weight excluding hydrogens is 166 g/mol. The second kappa shape index (κ2) is 4.07. The lowest BCUT2D eigenvalue weighted by molar-refractivity contribution is 0.112. The number of hydrogen-bond acceptors (Lipinski definition) is 3. The number of rotatable bonds is 4. The molecule has 0 radical (unpaired) electrons. The van der Waals surface area contributed by atoms with Gasteiger partial charge in [-0.15, -0.1) is 0 Å². The quantitative estimate of drug-likeness (QED) is 0.718. The third kappa shape index (κ3) is 1.71.